The van der Waals surface area contributed by atoms with Gasteiger partial charge in [0.1, 0.15) is 0 Å². The van der Waals surface area contributed by atoms with Crippen molar-refractivity contribution in [1.29, 1.82) is 0 Å². The fourth-order valence-corrected chi connectivity index (χ4v) is 2.18. The fraction of sp³-hybridized carbons (Fsp3) is 0.294. The summed E-state index contributed by atoms with van der Waals surface area (Å²) in [4.78, 5) is 0. The van der Waals surface area contributed by atoms with Gasteiger partial charge in [0.25, 0.3) is 0 Å². The Morgan fingerprint density at radius 2 is 1.17 bits per heavy atom. The van der Waals surface area contributed by atoms with Crippen molar-refractivity contribution in [3.05, 3.63) is 70.3 Å². The van der Waals surface area contributed by atoms with Crippen LogP contribution in [-0.2, 0) is 25.4 Å². The van der Waals surface area contributed by atoms with Gasteiger partial charge in [0.2, 0.25) is 0 Å². The van der Waals surface area contributed by atoms with E-state index < -0.39 is 23.5 Å². The number of benzene rings is 2. The minimum absolute atomic E-state index is 0.0655. The van der Waals surface area contributed by atoms with Crippen molar-refractivity contribution in [2.24, 2.45) is 0 Å². The Kier molecular flexibility index (Phi) is 5.22. The minimum Gasteiger partial charge on any atom is -0.309 e. The molecule has 0 heterocycles. The molecule has 0 unspecified atom stereocenters. The molecule has 0 saturated carbocycles. The number of nitrogens with one attached hydrogen (secondary N) is 1. The van der Waals surface area contributed by atoms with Crippen LogP contribution in [0.25, 0.3) is 0 Å². The predicted molar refractivity (Wildman–Crippen MR) is 78.2 cm³/mol. The third kappa shape index (κ3) is 4.99. The smallest absolute Gasteiger partial charge is 0.309 e. The minimum atomic E-state index is -4.83. The highest BCUT2D eigenvalue weighted by molar-refractivity contribution is 5.33. The molecule has 2 aromatic carbocycles. The lowest BCUT2D eigenvalue weighted by Crippen LogP contribution is -2.16. The molecule has 2 aromatic rings. The first kappa shape index (κ1) is 18.3. The van der Waals surface area contributed by atoms with Crippen LogP contribution in [0.15, 0.2) is 42.5 Å². The maximum absolute atomic E-state index is 12.8. The number of alkyl halides is 6. The van der Waals surface area contributed by atoms with E-state index in [9.17, 15) is 26.3 Å². The second kappa shape index (κ2) is 6.84. The first-order valence-electron chi connectivity index (χ1n) is 7.10. The van der Waals surface area contributed by atoms with Crippen LogP contribution in [0, 0.1) is 6.92 Å². The molecule has 7 heteroatoms. The van der Waals surface area contributed by atoms with E-state index in [1.54, 1.807) is 0 Å². The molecular weight excluding hydrogens is 332 g/mol. The highest BCUT2D eigenvalue weighted by Gasteiger charge is 2.36. The molecule has 0 saturated heterocycles. The highest BCUT2D eigenvalue weighted by Crippen LogP contribution is 2.36. The van der Waals surface area contributed by atoms with E-state index in [-0.39, 0.29) is 18.2 Å². The van der Waals surface area contributed by atoms with Crippen LogP contribution >= 0.6 is 0 Å². The molecule has 2 rings (SSSR count). The fourth-order valence-electron chi connectivity index (χ4n) is 2.18. The second-order valence-electron chi connectivity index (χ2n) is 5.50. The van der Waals surface area contributed by atoms with Crippen LogP contribution in [-0.4, -0.2) is 0 Å². The molecule has 0 aliphatic heterocycles. The first-order valence-corrected chi connectivity index (χ1v) is 7.10. The van der Waals surface area contributed by atoms with Gasteiger partial charge in [-0.15, -0.1) is 0 Å². The van der Waals surface area contributed by atoms with E-state index in [0.29, 0.717) is 6.54 Å². The summed E-state index contributed by atoms with van der Waals surface area (Å²) in [5.74, 6) is 0. The monoisotopic (exact) mass is 347 g/mol. The molecule has 1 nitrogen and oxygen atoms in total. The summed E-state index contributed by atoms with van der Waals surface area (Å²) >= 11 is 0. The zero-order chi connectivity index (χ0) is 18.0. The summed E-state index contributed by atoms with van der Waals surface area (Å²) in [6.07, 6.45) is -9.65. The van der Waals surface area contributed by atoms with Crippen LogP contribution in [0.5, 0.6) is 0 Å². The summed E-state index contributed by atoms with van der Waals surface area (Å²) in [5, 5.41) is 2.86. The number of aryl methyl sites for hydroxylation is 1. The van der Waals surface area contributed by atoms with Crippen molar-refractivity contribution >= 4 is 0 Å². The standard InChI is InChI=1S/C17H15F6N/c1-11-2-4-12(5-3-11)9-24-10-13-6-14(16(18,19)20)8-15(7-13)17(21,22)23/h2-8,24H,9-10H2,1H3. The molecule has 0 aliphatic rings. The van der Waals surface area contributed by atoms with E-state index in [1.165, 1.54) is 0 Å². The van der Waals surface area contributed by atoms with Crippen LogP contribution in [0.1, 0.15) is 27.8 Å². The lowest BCUT2D eigenvalue weighted by molar-refractivity contribution is -0.143. The average molecular weight is 347 g/mol. The Bertz CT molecular complexity index is 653. The largest absolute Gasteiger partial charge is 0.416 e. The SMILES string of the molecule is Cc1ccc(CNCc2cc(C(F)(F)F)cc(C(F)(F)F)c2)cc1. The van der Waals surface area contributed by atoms with Gasteiger partial charge in [0, 0.05) is 13.1 Å². The van der Waals surface area contributed by atoms with Gasteiger partial charge in [-0.3, -0.25) is 0 Å². The second-order valence-corrected chi connectivity index (χ2v) is 5.50. The van der Waals surface area contributed by atoms with Crippen molar-refractivity contribution < 1.29 is 26.3 Å². The van der Waals surface area contributed by atoms with Gasteiger partial charge < -0.3 is 5.32 Å². The maximum atomic E-state index is 12.8. The molecule has 1 N–H and O–H groups in total. The lowest BCUT2D eigenvalue weighted by Gasteiger charge is -2.14. The highest BCUT2D eigenvalue weighted by atomic mass is 19.4. The Morgan fingerprint density at radius 3 is 1.62 bits per heavy atom. The normalized spacial score (nSPS) is 12.5. The molecule has 0 aliphatic carbocycles. The predicted octanol–water partition coefficient (Wildman–Crippen LogP) is 5.32. The summed E-state index contributed by atoms with van der Waals surface area (Å²) in [7, 11) is 0. The summed E-state index contributed by atoms with van der Waals surface area (Å²) in [6, 6.07) is 9.04. The Hall–Kier alpha value is -2.02. The number of rotatable bonds is 4. The zero-order valence-electron chi connectivity index (χ0n) is 12.7. The third-order valence-corrected chi connectivity index (χ3v) is 3.43. The summed E-state index contributed by atoms with van der Waals surface area (Å²) < 4.78 is 76.6. The number of halogens is 6. The van der Waals surface area contributed by atoms with Crippen LogP contribution in [0.2, 0.25) is 0 Å². The van der Waals surface area contributed by atoms with Gasteiger partial charge in [0.15, 0.2) is 0 Å². The molecule has 0 amide bonds. The van der Waals surface area contributed by atoms with E-state index >= 15 is 0 Å². The van der Waals surface area contributed by atoms with E-state index in [2.05, 4.69) is 5.32 Å². The van der Waals surface area contributed by atoms with Crippen LogP contribution in [0.3, 0.4) is 0 Å². The molecule has 130 valence electrons. The Morgan fingerprint density at radius 1 is 0.708 bits per heavy atom. The van der Waals surface area contributed by atoms with Gasteiger partial charge in [-0.05, 0) is 36.2 Å². The van der Waals surface area contributed by atoms with Crippen molar-refractivity contribution in [2.45, 2.75) is 32.4 Å². The third-order valence-electron chi connectivity index (χ3n) is 3.43. The quantitative estimate of drug-likeness (QED) is 0.738. The topological polar surface area (TPSA) is 12.0 Å². The van der Waals surface area contributed by atoms with E-state index in [1.807, 2.05) is 31.2 Å². The lowest BCUT2D eigenvalue weighted by atomic mass is 10.0. The molecular formula is C17H15F6N. The van der Waals surface area contributed by atoms with E-state index in [0.717, 1.165) is 23.3 Å². The van der Waals surface area contributed by atoms with Crippen molar-refractivity contribution in [3.63, 3.8) is 0 Å². The molecule has 0 atom stereocenters. The molecule has 0 fully saturated rings. The van der Waals surface area contributed by atoms with Crippen LogP contribution in [0.4, 0.5) is 26.3 Å². The van der Waals surface area contributed by atoms with Gasteiger partial charge in [0.05, 0.1) is 11.1 Å². The Labute approximate surface area is 135 Å². The first-order chi connectivity index (χ1) is 11.1. The van der Waals surface area contributed by atoms with Gasteiger partial charge in [-0.1, -0.05) is 29.8 Å². The molecule has 24 heavy (non-hydrogen) atoms. The molecule has 0 aromatic heterocycles. The van der Waals surface area contributed by atoms with Crippen molar-refractivity contribution in [2.75, 3.05) is 0 Å². The average Bonchev–Trinajstić information content (AvgIpc) is 2.47. The number of hydrogen-bond donors (Lipinski definition) is 1. The zero-order valence-corrected chi connectivity index (χ0v) is 12.7. The molecule has 0 bridgehead atoms. The Balaban J connectivity index is 2.15. The molecule has 0 spiro atoms. The number of hydrogen-bond acceptors (Lipinski definition) is 1. The van der Waals surface area contributed by atoms with Gasteiger partial charge >= 0.3 is 12.4 Å². The van der Waals surface area contributed by atoms with Crippen molar-refractivity contribution in [1.82, 2.24) is 5.32 Å². The van der Waals surface area contributed by atoms with Crippen molar-refractivity contribution in [3.8, 4) is 0 Å². The van der Waals surface area contributed by atoms with Gasteiger partial charge in [-0.2, -0.15) is 26.3 Å². The van der Waals surface area contributed by atoms with E-state index in [4.69, 9.17) is 0 Å². The maximum Gasteiger partial charge on any atom is 0.416 e. The van der Waals surface area contributed by atoms with Gasteiger partial charge in [-0.25, -0.2) is 0 Å². The molecule has 0 radical (unpaired) electrons. The van der Waals surface area contributed by atoms with Crippen LogP contribution < -0.4 is 5.32 Å². The summed E-state index contributed by atoms with van der Waals surface area (Å²) in [6.45, 7) is 2.16. The summed E-state index contributed by atoms with van der Waals surface area (Å²) in [5.41, 5.74) is -0.715.